The van der Waals surface area contributed by atoms with Crippen molar-refractivity contribution in [2.45, 2.75) is 24.9 Å². The second kappa shape index (κ2) is 10.9. The Morgan fingerprint density at radius 3 is 2.43 bits per heavy atom. The first-order chi connectivity index (χ1) is 17.5. The summed E-state index contributed by atoms with van der Waals surface area (Å²) in [5, 5.41) is 12.3. The largest absolute Gasteiger partial charge is 0.493 e. The Labute approximate surface area is 219 Å². The molecule has 0 aliphatic carbocycles. The number of halogens is 5. The van der Waals surface area contributed by atoms with Crippen molar-refractivity contribution >= 4 is 35.1 Å². The lowest BCUT2D eigenvalue weighted by Crippen LogP contribution is -2.25. The highest BCUT2D eigenvalue weighted by Gasteiger charge is 2.31. The van der Waals surface area contributed by atoms with Gasteiger partial charge in [-0.1, -0.05) is 29.3 Å². The summed E-state index contributed by atoms with van der Waals surface area (Å²) in [5.74, 6) is -0.983. The molecule has 4 rings (SSSR count). The number of ether oxygens (including phenoxy) is 2. The maximum atomic E-state index is 12.8. The number of benzene rings is 3. The molecule has 6 nitrogen and oxygen atoms in total. The summed E-state index contributed by atoms with van der Waals surface area (Å²) in [5.41, 5.74) is 0.483. The molecule has 2 N–H and O–H groups in total. The van der Waals surface area contributed by atoms with Crippen molar-refractivity contribution in [1.82, 2.24) is 5.32 Å². The van der Waals surface area contributed by atoms with Gasteiger partial charge in [0.1, 0.15) is 17.2 Å². The fraction of sp³-hybridized carbons (Fsp3) is 0.231. The summed E-state index contributed by atoms with van der Waals surface area (Å²) in [6.45, 7) is 0.435. The van der Waals surface area contributed by atoms with Gasteiger partial charge in [0.15, 0.2) is 0 Å². The van der Waals surface area contributed by atoms with Crippen LogP contribution in [0.2, 0.25) is 10.0 Å². The van der Waals surface area contributed by atoms with Crippen molar-refractivity contribution in [2.24, 2.45) is 0 Å². The molecule has 0 spiro atoms. The van der Waals surface area contributed by atoms with E-state index >= 15 is 0 Å². The van der Waals surface area contributed by atoms with Gasteiger partial charge in [-0.05, 0) is 60.9 Å². The van der Waals surface area contributed by atoms with Crippen LogP contribution in [-0.4, -0.2) is 30.1 Å². The van der Waals surface area contributed by atoms with Crippen molar-refractivity contribution in [2.75, 3.05) is 13.2 Å². The molecular weight excluding hydrogens is 534 g/mol. The number of hydrogen-bond donors (Lipinski definition) is 2. The topological polar surface area (TPSA) is 84.9 Å². The molecule has 3 aromatic carbocycles. The van der Waals surface area contributed by atoms with Gasteiger partial charge in [0.2, 0.25) is 0 Å². The van der Waals surface area contributed by atoms with E-state index in [2.05, 4.69) is 5.32 Å². The number of carboxylic acid groups (broad SMARTS) is 1. The van der Waals surface area contributed by atoms with Gasteiger partial charge >= 0.3 is 12.1 Å². The van der Waals surface area contributed by atoms with Crippen molar-refractivity contribution in [3.05, 3.63) is 86.9 Å². The summed E-state index contributed by atoms with van der Waals surface area (Å²) in [4.78, 5) is 23.9. The van der Waals surface area contributed by atoms with Gasteiger partial charge in [-0.25, -0.2) is 0 Å². The second-order valence-electron chi connectivity index (χ2n) is 8.28. The predicted molar refractivity (Wildman–Crippen MR) is 131 cm³/mol. The van der Waals surface area contributed by atoms with Crippen molar-refractivity contribution < 1.29 is 37.3 Å². The zero-order chi connectivity index (χ0) is 26.7. The number of carboxylic acids is 1. The maximum absolute atomic E-state index is 12.8. The minimum Gasteiger partial charge on any atom is -0.493 e. The summed E-state index contributed by atoms with van der Waals surface area (Å²) < 4.78 is 49.7. The molecule has 11 heteroatoms. The third-order valence-corrected chi connectivity index (χ3v) is 6.45. The highest BCUT2D eigenvalue weighted by Crippen LogP contribution is 2.42. The number of hydrogen-bond acceptors (Lipinski definition) is 4. The Bertz CT molecular complexity index is 1330. The molecule has 0 radical (unpaired) electrons. The maximum Gasteiger partial charge on any atom is 0.416 e. The van der Waals surface area contributed by atoms with Crippen molar-refractivity contribution in [3.63, 3.8) is 0 Å². The number of nitrogens with one attached hydrogen (secondary N) is 1. The average Bonchev–Trinajstić information content (AvgIpc) is 2.84. The van der Waals surface area contributed by atoms with Crippen LogP contribution in [0.25, 0.3) is 0 Å². The number of alkyl halides is 3. The number of amides is 1. The van der Waals surface area contributed by atoms with Gasteiger partial charge in [-0.2, -0.15) is 13.2 Å². The van der Waals surface area contributed by atoms with E-state index in [0.29, 0.717) is 34.6 Å². The van der Waals surface area contributed by atoms with E-state index in [1.165, 1.54) is 12.1 Å². The zero-order valence-electron chi connectivity index (χ0n) is 19.1. The Hall–Kier alpha value is -3.43. The Morgan fingerprint density at radius 2 is 1.78 bits per heavy atom. The molecule has 0 aromatic heterocycles. The fourth-order valence-corrected chi connectivity index (χ4v) is 4.35. The van der Waals surface area contributed by atoms with Crippen LogP contribution in [0.1, 0.15) is 39.4 Å². The van der Waals surface area contributed by atoms with E-state index in [9.17, 15) is 27.9 Å². The third-order valence-electron chi connectivity index (χ3n) is 5.81. The number of fused-ring (bicyclic) bond motifs is 1. The first-order valence-corrected chi connectivity index (χ1v) is 11.9. The molecule has 1 aliphatic rings. The monoisotopic (exact) mass is 553 g/mol. The Morgan fingerprint density at radius 1 is 1.05 bits per heavy atom. The Balaban J connectivity index is 1.36. The molecule has 0 saturated heterocycles. The van der Waals surface area contributed by atoms with Gasteiger partial charge in [0.05, 0.1) is 23.1 Å². The number of carbonyl (C=O) groups is 2. The number of rotatable bonds is 7. The van der Waals surface area contributed by atoms with Gasteiger partial charge in [0.25, 0.3) is 5.91 Å². The quantitative estimate of drug-likeness (QED) is 0.339. The van der Waals surface area contributed by atoms with Crippen LogP contribution >= 0.6 is 23.2 Å². The molecule has 1 heterocycles. The molecule has 0 bridgehead atoms. The smallest absolute Gasteiger partial charge is 0.416 e. The molecule has 3 aromatic rings. The molecule has 0 fully saturated rings. The lowest BCUT2D eigenvalue weighted by molar-refractivity contribution is -0.139. The van der Waals surface area contributed by atoms with E-state index < -0.39 is 23.6 Å². The van der Waals surface area contributed by atoms with E-state index in [4.69, 9.17) is 32.7 Å². The van der Waals surface area contributed by atoms with Gasteiger partial charge in [0, 0.05) is 28.8 Å². The van der Waals surface area contributed by atoms with Crippen molar-refractivity contribution in [1.29, 1.82) is 0 Å². The number of carbonyl (C=O) groups excluding carboxylic acids is 1. The van der Waals surface area contributed by atoms with Crippen LogP contribution in [-0.2, 0) is 17.4 Å². The summed E-state index contributed by atoms with van der Waals surface area (Å²) in [6.07, 6.45) is -3.87. The molecule has 1 unspecified atom stereocenters. The minimum absolute atomic E-state index is 0.0182. The lowest BCUT2D eigenvalue weighted by Gasteiger charge is -2.24. The highest BCUT2D eigenvalue weighted by molar-refractivity contribution is 6.32. The third kappa shape index (κ3) is 6.29. The van der Waals surface area contributed by atoms with Crippen molar-refractivity contribution in [3.8, 4) is 17.2 Å². The van der Waals surface area contributed by atoms with Gasteiger partial charge < -0.3 is 19.9 Å². The van der Waals surface area contributed by atoms with Crippen LogP contribution in [0.5, 0.6) is 17.2 Å². The first-order valence-electron chi connectivity index (χ1n) is 11.1. The SMILES string of the molecule is O=C(NCCc1ccc(C(F)(F)F)cc1Cl)c1ccc(Oc2cc3c(cc2Cl)C(C(=O)O)CCO3)cc1. The summed E-state index contributed by atoms with van der Waals surface area (Å²) >= 11 is 12.3. The molecule has 1 aliphatic heterocycles. The van der Waals surface area contributed by atoms with Crippen LogP contribution in [0.4, 0.5) is 13.2 Å². The Kier molecular flexibility index (Phi) is 7.85. The lowest BCUT2D eigenvalue weighted by atomic mass is 9.93. The molecular formula is C26H20Cl2F3NO5. The normalized spacial score (nSPS) is 14.9. The second-order valence-corrected chi connectivity index (χ2v) is 9.10. The zero-order valence-corrected chi connectivity index (χ0v) is 20.6. The molecule has 0 saturated carbocycles. The summed E-state index contributed by atoms with van der Waals surface area (Å²) in [7, 11) is 0. The van der Waals surface area contributed by atoms with E-state index in [0.717, 1.165) is 12.1 Å². The highest BCUT2D eigenvalue weighted by atomic mass is 35.5. The van der Waals surface area contributed by atoms with E-state index in [-0.39, 0.29) is 41.3 Å². The van der Waals surface area contributed by atoms with Crippen LogP contribution < -0.4 is 14.8 Å². The first kappa shape index (κ1) is 26.6. The van der Waals surface area contributed by atoms with E-state index in [1.54, 1.807) is 30.3 Å². The van der Waals surface area contributed by atoms with Crippen LogP contribution in [0, 0.1) is 0 Å². The number of aliphatic carboxylic acids is 1. The van der Waals surface area contributed by atoms with Crippen LogP contribution in [0.3, 0.4) is 0 Å². The molecule has 37 heavy (non-hydrogen) atoms. The standard InChI is InChI=1S/C26H20Cl2F3NO5/c27-20-11-16(26(29,30)31)4-1-14(20)7-9-32-24(33)15-2-5-17(6-3-15)37-23-13-22-19(12-21(23)28)18(25(34)35)8-10-36-22/h1-6,11-13,18H,7-10H2,(H,32,33)(H,34,35). The predicted octanol–water partition coefficient (Wildman–Crippen LogP) is 6.73. The molecule has 1 amide bonds. The van der Waals surface area contributed by atoms with Gasteiger partial charge in [-0.3, -0.25) is 9.59 Å². The average molecular weight is 554 g/mol. The summed E-state index contributed by atoms with van der Waals surface area (Å²) in [6, 6.07) is 12.4. The minimum atomic E-state index is -4.48. The fourth-order valence-electron chi connectivity index (χ4n) is 3.86. The molecule has 1 atom stereocenters. The van der Waals surface area contributed by atoms with Crippen LogP contribution in [0.15, 0.2) is 54.6 Å². The molecule has 194 valence electrons. The van der Waals surface area contributed by atoms with Gasteiger partial charge in [-0.15, -0.1) is 0 Å². The van der Waals surface area contributed by atoms with E-state index in [1.807, 2.05) is 0 Å².